The lowest BCUT2D eigenvalue weighted by atomic mass is 10.0. The lowest BCUT2D eigenvalue weighted by Crippen LogP contribution is -2.10. The van der Waals surface area contributed by atoms with E-state index in [0.717, 1.165) is 5.56 Å². The highest BCUT2D eigenvalue weighted by Crippen LogP contribution is 2.27. The Kier molecular flexibility index (Phi) is 3.66. The number of carboxylic acid groups (broad SMARTS) is 1. The molecule has 0 aliphatic heterocycles. The molecule has 19 heavy (non-hydrogen) atoms. The van der Waals surface area contributed by atoms with Crippen LogP contribution in [0.3, 0.4) is 0 Å². The number of aryl methyl sites for hydroxylation is 1. The number of fused-ring (bicyclic) bond motifs is 1. The van der Waals surface area contributed by atoms with E-state index in [1.165, 1.54) is 0 Å². The van der Waals surface area contributed by atoms with Gasteiger partial charge in [0.15, 0.2) is 0 Å². The lowest BCUT2D eigenvalue weighted by molar-refractivity contribution is 0.0699. The predicted octanol–water partition coefficient (Wildman–Crippen LogP) is 1.97. The molecule has 1 heterocycles. The molecule has 0 aliphatic rings. The van der Waals surface area contributed by atoms with E-state index >= 15 is 0 Å². The molecule has 0 spiro atoms. The second-order valence-corrected chi connectivity index (χ2v) is 4.34. The minimum absolute atomic E-state index is 0.247. The Balaban J connectivity index is 2.78. The molecule has 0 saturated carbocycles. The van der Waals surface area contributed by atoms with Crippen molar-refractivity contribution in [1.29, 1.82) is 0 Å². The van der Waals surface area contributed by atoms with Gasteiger partial charge in [0, 0.05) is 11.9 Å². The van der Waals surface area contributed by atoms with Crippen LogP contribution in [0.1, 0.15) is 21.6 Å². The van der Waals surface area contributed by atoms with E-state index in [1.54, 1.807) is 26.3 Å². The van der Waals surface area contributed by atoms with Gasteiger partial charge in [-0.25, -0.2) is 4.79 Å². The quantitative estimate of drug-likeness (QED) is 0.879. The molecule has 0 bridgehead atoms. The van der Waals surface area contributed by atoms with Gasteiger partial charge in [0.05, 0.1) is 23.9 Å². The van der Waals surface area contributed by atoms with E-state index in [-0.39, 0.29) is 5.56 Å². The summed E-state index contributed by atoms with van der Waals surface area (Å²) in [5.74, 6) is -0.326. The third-order valence-electron chi connectivity index (χ3n) is 2.95. The molecule has 2 N–H and O–H groups in total. The van der Waals surface area contributed by atoms with Crippen molar-refractivity contribution >= 4 is 16.9 Å². The number of hydrogen-bond acceptors (Lipinski definition) is 4. The van der Waals surface area contributed by atoms with Gasteiger partial charge in [-0.1, -0.05) is 0 Å². The Morgan fingerprint density at radius 2 is 2.16 bits per heavy atom. The third-order valence-corrected chi connectivity index (χ3v) is 2.95. The fourth-order valence-electron chi connectivity index (χ4n) is 2.09. The topological polar surface area (TPSA) is 71.5 Å². The van der Waals surface area contributed by atoms with Crippen LogP contribution in [-0.2, 0) is 6.54 Å². The Labute approximate surface area is 111 Å². The maximum Gasteiger partial charge on any atom is 0.336 e. The molecular weight excluding hydrogens is 244 g/mol. The van der Waals surface area contributed by atoms with Crippen molar-refractivity contribution in [1.82, 2.24) is 10.3 Å². The van der Waals surface area contributed by atoms with Crippen LogP contribution in [-0.4, -0.2) is 30.2 Å². The third kappa shape index (κ3) is 2.51. The Morgan fingerprint density at radius 1 is 1.42 bits per heavy atom. The van der Waals surface area contributed by atoms with E-state index in [0.29, 0.717) is 28.9 Å². The number of pyridine rings is 1. The molecule has 0 atom stereocenters. The number of nitrogens with one attached hydrogen (secondary N) is 1. The zero-order chi connectivity index (χ0) is 14.0. The van der Waals surface area contributed by atoms with Gasteiger partial charge in [-0.05, 0) is 37.7 Å². The van der Waals surface area contributed by atoms with Crippen molar-refractivity contribution in [2.75, 3.05) is 14.2 Å². The number of ether oxygens (including phenoxy) is 1. The summed E-state index contributed by atoms with van der Waals surface area (Å²) in [6.07, 6.45) is 0. The number of carboxylic acids is 1. The largest absolute Gasteiger partial charge is 0.497 e. The van der Waals surface area contributed by atoms with Crippen LogP contribution in [0.5, 0.6) is 5.75 Å². The number of aromatic nitrogens is 1. The average molecular weight is 260 g/mol. The van der Waals surface area contributed by atoms with Crippen LogP contribution in [0.4, 0.5) is 0 Å². The monoisotopic (exact) mass is 260 g/mol. The summed E-state index contributed by atoms with van der Waals surface area (Å²) in [7, 11) is 3.36. The normalized spacial score (nSPS) is 10.7. The fourth-order valence-corrected chi connectivity index (χ4v) is 2.09. The molecule has 0 fully saturated rings. The number of benzene rings is 1. The smallest absolute Gasteiger partial charge is 0.336 e. The van der Waals surface area contributed by atoms with Crippen LogP contribution in [0, 0.1) is 6.92 Å². The predicted molar refractivity (Wildman–Crippen MR) is 72.8 cm³/mol. The number of hydrogen-bond donors (Lipinski definition) is 2. The van der Waals surface area contributed by atoms with Gasteiger partial charge in [0.2, 0.25) is 0 Å². The highest BCUT2D eigenvalue weighted by molar-refractivity contribution is 6.03. The molecule has 0 amide bonds. The SMILES string of the molecule is CNCc1cc(C(=O)O)c2cc(OC)cc(C)c2n1. The first kappa shape index (κ1) is 13.3. The number of nitrogens with zero attached hydrogens (tertiary/aromatic N) is 1. The Bertz CT molecular complexity index is 638. The van der Waals surface area contributed by atoms with Crippen LogP contribution < -0.4 is 10.1 Å². The van der Waals surface area contributed by atoms with Crippen molar-refractivity contribution in [2.45, 2.75) is 13.5 Å². The maximum atomic E-state index is 11.4. The molecule has 0 unspecified atom stereocenters. The van der Waals surface area contributed by atoms with Gasteiger partial charge in [-0.15, -0.1) is 0 Å². The molecule has 100 valence electrons. The van der Waals surface area contributed by atoms with Crippen LogP contribution in [0.15, 0.2) is 18.2 Å². The van der Waals surface area contributed by atoms with Gasteiger partial charge in [-0.3, -0.25) is 4.98 Å². The standard InChI is InChI=1S/C14H16N2O3/c1-8-4-10(19-3)6-11-12(14(17)18)5-9(7-15-2)16-13(8)11/h4-6,15H,7H2,1-3H3,(H,17,18). The molecule has 1 aromatic carbocycles. The van der Waals surface area contributed by atoms with Crippen molar-refractivity contribution in [2.24, 2.45) is 0 Å². The van der Waals surface area contributed by atoms with E-state index in [4.69, 9.17) is 4.74 Å². The van der Waals surface area contributed by atoms with Gasteiger partial charge >= 0.3 is 5.97 Å². The molecule has 0 aliphatic carbocycles. The molecule has 2 rings (SSSR count). The fraction of sp³-hybridized carbons (Fsp3) is 0.286. The van der Waals surface area contributed by atoms with Gasteiger partial charge < -0.3 is 15.2 Å². The second kappa shape index (κ2) is 5.24. The van der Waals surface area contributed by atoms with E-state index in [9.17, 15) is 9.90 Å². The van der Waals surface area contributed by atoms with Crippen LogP contribution >= 0.6 is 0 Å². The second-order valence-electron chi connectivity index (χ2n) is 4.34. The summed E-state index contributed by atoms with van der Waals surface area (Å²) in [6, 6.07) is 5.16. The van der Waals surface area contributed by atoms with Crippen LogP contribution in [0.2, 0.25) is 0 Å². The van der Waals surface area contributed by atoms with Crippen molar-refractivity contribution in [3.8, 4) is 5.75 Å². The van der Waals surface area contributed by atoms with E-state index < -0.39 is 5.97 Å². The van der Waals surface area contributed by atoms with Gasteiger partial charge in [0.1, 0.15) is 5.75 Å². The zero-order valence-corrected chi connectivity index (χ0v) is 11.2. The highest BCUT2D eigenvalue weighted by atomic mass is 16.5. The molecule has 5 heteroatoms. The molecule has 5 nitrogen and oxygen atoms in total. The van der Waals surface area contributed by atoms with E-state index in [1.807, 2.05) is 13.0 Å². The zero-order valence-electron chi connectivity index (χ0n) is 11.2. The lowest BCUT2D eigenvalue weighted by Gasteiger charge is -2.10. The Hall–Kier alpha value is -2.14. The minimum atomic E-state index is -0.961. The first-order chi connectivity index (χ1) is 9.06. The average Bonchev–Trinajstić information content (AvgIpc) is 2.38. The molecule has 2 aromatic rings. The number of rotatable bonds is 4. The van der Waals surface area contributed by atoms with Crippen molar-refractivity contribution < 1.29 is 14.6 Å². The first-order valence-corrected chi connectivity index (χ1v) is 5.93. The maximum absolute atomic E-state index is 11.4. The summed E-state index contributed by atoms with van der Waals surface area (Å²) >= 11 is 0. The minimum Gasteiger partial charge on any atom is -0.497 e. The van der Waals surface area contributed by atoms with Crippen LogP contribution in [0.25, 0.3) is 10.9 Å². The van der Waals surface area contributed by atoms with Gasteiger partial charge in [-0.2, -0.15) is 0 Å². The summed E-state index contributed by atoms with van der Waals surface area (Å²) < 4.78 is 5.18. The number of aromatic carboxylic acids is 1. The molecule has 0 saturated heterocycles. The summed E-state index contributed by atoms with van der Waals surface area (Å²) in [5, 5.41) is 12.9. The van der Waals surface area contributed by atoms with Crippen molar-refractivity contribution in [3.05, 3.63) is 35.0 Å². The number of carbonyl (C=O) groups is 1. The summed E-state index contributed by atoms with van der Waals surface area (Å²) in [6.45, 7) is 2.42. The van der Waals surface area contributed by atoms with Gasteiger partial charge in [0.25, 0.3) is 0 Å². The molecule has 1 aromatic heterocycles. The van der Waals surface area contributed by atoms with Crippen molar-refractivity contribution in [3.63, 3.8) is 0 Å². The highest BCUT2D eigenvalue weighted by Gasteiger charge is 2.14. The molecule has 0 radical (unpaired) electrons. The first-order valence-electron chi connectivity index (χ1n) is 5.93. The number of methoxy groups -OCH3 is 1. The van der Waals surface area contributed by atoms with E-state index in [2.05, 4.69) is 10.3 Å². The summed E-state index contributed by atoms with van der Waals surface area (Å²) in [5.41, 5.74) is 2.55. The molecular formula is C14H16N2O3. The summed E-state index contributed by atoms with van der Waals surface area (Å²) in [4.78, 5) is 15.9. The Morgan fingerprint density at radius 3 is 2.74 bits per heavy atom.